The van der Waals surface area contributed by atoms with Gasteiger partial charge in [-0.1, -0.05) is 0 Å². The number of halogens is 1. The second kappa shape index (κ2) is 9.54. The normalized spacial score (nSPS) is 27.2. The van der Waals surface area contributed by atoms with E-state index < -0.39 is 0 Å². The number of morpholine rings is 1. The van der Waals surface area contributed by atoms with Crippen molar-refractivity contribution in [1.29, 1.82) is 0 Å². The van der Waals surface area contributed by atoms with E-state index >= 15 is 0 Å². The molecule has 3 fully saturated rings. The molecule has 2 aliphatic heterocycles. The van der Waals surface area contributed by atoms with Crippen LogP contribution in [-0.2, 0) is 4.74 Å². The summed E-state index contributed by atoms with van der Waals surface area (Å²) in [6.07, 6.45) is 4.00. The molecule has 140 valence electrons. The standard InChI is InChI=1S/C17H33N5O.HI/c1-18-17(19-12-16(20(2)3)14-4-5-14)22-7-6-15(13-22)21-8-10-23-11-9-21;/h14-16H,4-13H2,1-3H3,(H,18,19);1H. The molecule has 6 nitrogen and oxygen atoms in total. The molecular weight excluding hydrogens is 417 g/mol. The predicted molar refractivity (Wildman–Crippen MR) is 109 cm³/mol. The van der Waals surface area contributed by atoms with Crippen molar-refractivity contribution < 1.29 is 4.74 Å². The van der Waals surface area contributed by atoms with E-state index in [1.54, 1.807) is 0 Å². The highest BCUT2D eigenvalue weighted by Crippen LogP contribution is 2.34. The van der Waals surface area contributed by atoms with Crippen molar-refractivity contribution >= 4 is 29.9 Å². The maximum Gasteiger partial charge on any atom is 0.193 e. The van der Waals surface area contributed by atoms with E-state index in [0.717, 1.165) is 57.8 Å². The molecule has 3 rings (SSSR count). The summed E-state index contributed by atoms with van der Waals surface area (Å²) in [4.78, 5) is 11.9. The molecule has 2 unspecified atom stereocenters. The van der Waals surface area contributed by atoms with Crippen LogP contribution in [0.15, 0.2) is 4.99 Å². The average molecular weight is 451 g/mol. The van der Waals surface area contributed by atoms with Crippen LogP contribution in [0, 0.1) is 5.92 Å². The van der Waals surface area contributed by atoms with E-state index in [2.05, 4.69) is 39.1 Å². The third kappa shape index (κ3) is 5.19. The third-order valence-corrected chi connectivity index (χ3v) is 5.54. The first-order valence-corrected chi connectivity index (χ1v) is 9.13. The van der Waals surface area contributed by atoms with Gasteiger partial charge in [-0.15, -0.1) is 24.0 Å². The molecule has 1 aliphatic carbocycles. The summed E-state index contributed by atoms with van der Waals surface area (Å²) in [6.45, 7) is 7.13. The zero-order chi connectivity index (χ0) is 16.2. The van der Waals surface area contributed by atoms with E-state index in [0.29, 0.717) is 12.1 Å². The molecule has 2 saturated heterocycles. The van der Waals surface area contributed by atoms with Gasteiger partial charge in [-0.3, -0.25) is 9.89 Å². The van der Waals surface area contributed by atoms with Gasteiger partial charge in [0.05, 0.1) is 13.2 Å². The number of likely N-dealkylation sites (tertiary alicyclic amines) is 1. The lowest BCUT2D eigenvalue weighted by Gasteiger charge is -2.32. The molecule has 24 heavy (non-hydrogen) atoms. The Morgan fingerprint density at radius 2 is 1.92 bits per heavy atom. The first kappa shape index (κ1) is 20.2. The van der Waals surface area contributed by atoms with Crippen molar-refractivity contribution in [3.05, 3.63) is 0 Å². The van der Waals surface area contributed by atoms with Crippen LogP contribution in [0.4, 0.5) is 0 Å². The Hall–Kier alpha value is -0.120. The first-order valence-electron chi connectivity index (χ1n) is 9.13. The Kier molecular flexibility index (Phi) is 8.03. The Morgan fingerprint density at radius 3 is 2.50 bits per heavy atom. The fourth-order valence-electron chi connectivity index (χ4n) is 3.95. The molecular formula is C17H34IN5O. The lowest BCUT2D eigenvalue weighted by molar-refractivity contribution is 0.0195. The zero-order valence-corrected chi connectivity index (χ0v) is 17.7. The minimum atomic E-state index is 0. The Balaban J connectivity index is 0.00000208. The molecule has 0 aromatic heterocycles. The molecule has 1 saturated carbocycles. The number of likely N-dealkylation sites (N-methyl/N-ethyl adjacent to an activating group) is 1. The number of hydrogen-bond acceptors (Lipinski definition) is 4. The zero-order valence-electron chi connectivity index (χ0n) is 15.4. The minimum Gasteiger partial charge on any atom is -0.379 e. The van der Waals surface area contributed by atoms with E-state index in [1.807, 2.05) is 7.05 Å². The molecule has 7 heteroatoms. The lowest BCUT2D eigenvalue weighted by Crippen LogP contribution is -2.49. The molecule has 3 aliphatic rings. The van der Waals surface area contributed by atoms with Crippen LogP contribution in [0.1, 0.15) is 19.3 Å². The fraction of sp³-hybridized carbons (Fsp3) is 0.941. The van der Waals surface area contributed by atoms with E-state index in [4.69, 9.17) is 4.74 Å². The smallest absolute Gasteiger partial charge is 0.193 e. The van der Waals surface area contributed by atoms with Crippen LogP contribution in [0.25, 0.3) is 0 Å². The number of guanidine groups is 1. The highest BCUT2D eigenvalue weighted by molar-refractivity contribution is 14.0. The monoisotopic (exact) mass is 451 g/mol. The Labute approximate surface area is 164 Å². The molecule has 0 bridgehead atoms. The van der Waals surface area contributed by atoms with Gasteiger partial charge < -0.3 is 19.9 Å². The van der Waals surface area contributed by atoms with Crippen molar-refractivity contribution in [3.63, 3.8) is 0 Å². The Morgan fingerprint density at radius 1 is 1.21 bits per heavy atom. The lowest BCUT2D eigenvalue weighted by atomic mass is 10.1. The van der Waals surface area contributed by atoms with Gasteiger partial charge in [-0.05, 0) is 39.3 Å². The van der Waals surface area contributed by atoms with Crippen LogP contribution in [-0.4, -0.2) is 99.8 Å². The molecule has 0 aromatic rings. The maximum atomic E-state index is 5.47. The van der Waals surface area contributed by atoms with Crippen molar-refractivity contribution in [2.75, 3.05) is 67.1 Å². The van der Waals surface area contributed by atoms with Gasteiger partial charge in [0, 0.05) is 51.9 Å². The maximum absolute atomic E-state index is 5.47. The van der Waals surface area contributed by atoms with Crippen LogP contribution in [0.5, 0.6) is 0 Å². The SMILES string of the molecule is CN=C(NCC(C1CC1)N(C)C)N1CCC(N2CCOCC2)C1.I. The molecule has 2 atom stereocenters. The summed E-state index contributed by atoms with van der Waals surface area (Å²) in [5, 5.41) is 3.63. The van der Waals surface area contributed by atoms with Crippen LogP contribution < -0.4 is 5.32 Å². The highest BCUT2D eigenvalue weighted by atomic mass is 127. The fourth-order valence-corrected chi connectivity index (χ4v) is 3.95. The van der Waals surface area contributed by atoms with Crippen molar-refractivity contribution in [2.24, 2.45) is 10.9 Å². The largest absolute Gasteiger partial charge is 0.379 e. The van der Waals surface area contributed by atoms with Gasteiger partial charge in [-0.2, -0.15) is 0 Å². The molecule has 1 N–H and O–H groups in total. The summed E-state index contributed by atoms with van der Waals surface area (Å²) in [5.41, 5.74) is 0. The number of rotatable bonds is 5. The topological polar surface area (TPSA) is 43.3 Å². The van der Waals surface area contributed by atoms with Crippen LogP contribution >= 0.6 is 24.0 Å². The number of aliphatic imine (C=N–C) groups is 1. The highest BCUT2D eigenvalue weighted by Gasteiger charge is 2.34. The van der Waals surface area contributed by atoms with Crippen LogP contribution in [0.3, 0.4) is 0 Å². The third-order valence-electron chi connectivity index (χ3n) is 5.54. The van der Waals surface area contributed by atoms with Crippen LogP contribution in [0.2, 0.25) is 0 Å². The molecule has 2 heterocycles. The van der Waals surface area contributed by atoms with Gasteiger partial charge in [0.15, 0.2) is 5.96 Å². The summed E-state index contributed by atoms with van der Waals surface area (Å²) in [5.74, 6) is 1.95. The van der Waals surface area contributed by atoms with Gasteiger partial charge in [-0.25, -0.2) is 0 Å². The minimum absolute atomic E-state index is 0. The summed E-state index contributed by atoms with van der Waals surface area (Å²) < 4.78 is 5.47. The Bertz CT molecular complexity index is 408. The van der Waals surface area contributed by atoms with Crippen molar-refractivity contribution in [1.82, 2.24) is 20.0 Å². The second-order valence-corrected chi connectivity index (χ2v) is 7.33. The van der Waals surface area contributed by atoms with E-state index in [-0.39, 0.29) is 24.0 Å². The van der Waals surface area contributed by atoms with Gasteiger partial charge in [0.1, 0.15) is 0 Å². The molecule has 0 amide bonds. The van der Waals surface area contributed by atoms with Crippen molar-refractivity contribution in [3.8, 4) is 0 Å². The number of hydrogen-bond donors (Lipinski definition) is 1. The molecule has 0 radical (unpaired) electrons. The quantitative estimate of drug-likeness (QED) is 0.383. The van der Waals surface area contributed by atoms with Crippen molar-refractivity contribution in [2.45, 2.75) is 31.3 Å². The van der Waals surface area contributed by atoms with E-state index in [1.165, 1.54) is 19.3 Å². The number of nitrogens with zero attached hydrogens (tertiary/aromatic N) is 4. The number of ether oxygens (including phenoxy) is 1. The van der Waals surface area contributed by atoms with Gasteiger partial charge in [0.2, 0.25) is 0 Å². The summed E-state index contributed by atoms with van der Waals surface area (Å²) >= 11 is 0. The average Bonchev–Trinajstić information content (AvgIpc) is 3.28. The summed E-state index contributed by atoms with van der Waals surface area (Å²) in [6, 6.07) is 1.29. The predicted octanol–water partition coefficient (Wildman–Crippen LogP) is 0.927. The molecule has 0 spiro atoms. The van der Waals surface area contributed by atoms with Gasteiger partial charge in [0.25, 0.3) is 0 Å². The van der Waals surface area contributed by atoms with Gasteiger partial charge >= 0.3 is 0 Å². The molecule has 0 aromatic carbocycles. The summed E-state index contributed by atoms with van der Waals surface area (Å²) in [7, 11) is 6.29. The first-order chi connectivity index (χ1) is 11.2. The van der Waals surface area contributed by atoms with E-state index in [9.17, 15) is 0 Å². The second-order valence-electron chi connectivity index (χ2n) is 7.33. The number of nitrogens with one attached hydrogen (secondary N) is 1.